The standard InChI is InChI=1S/C26H30N2O6/c1-26(2,24(30)31)15-28-23(29)22-16(11-12-33-22)13-27-25(32)34-14-21-19-9-5-3-7-17(19)18-8-4-6-10-20(18)21/h3-10,16,21-22H,11-15H2,1-2H3,(H,27,32)(H,28,29)(H,30,31)/t16-,22-/m1/s1. The summed E-state index contributed by atoms with van der Waals surface area (Å²) in [4.78, 5) is 36.2. The average molecular weight is 467 g/mol. The molecule has 2 aliphatic rings. The van der Waals surface area contributed by atoms with Crippen LogP contribution in [0.4, 0.5) is 4.79 Å². The molecule has 1 aliphatic carbocycles. The summed E-state index contributed by atoms with van der Waals surface area (Å²) >= 11 is 0. The predicted molar refractivity (Wildman–Crippen MR) is 125 cm³/mol. The smallest absolute Gasteiger partial charge is 0.407 e. The molecule has 0 saturated carbocycles. The van der Waals surface area contributed by atoms with Crippen molar-refractivity contribution in [3.05, 3.63) is 59.7 Å². The highest BCUT2D eigenvalue weighted by molar-refractivity contribution is 5.83. The Hall–Kier alpha value is -3.39. The third-order valence-electron chi connectivity index (χ3n) is 6.61. The van der Waals surface area contributed by atoms with E-state index < -0.39 is 23.6 Å². The number of nitrogens with one attached hydrogen (secondary N) is 2. The van der Waals surface area contributed by atoms with E-state index in [2.05, 4.69) is 34.9 Å². The molecule has 180 valence electrons. The summed E-state index contributed by atoms with van der Waals surface area (Å²) in [7, 11) is 0. The van der Waals surface area contributed by atoms with Crippen LogP contribution in [0.25, 0.3) is 11.1 Å². The van der Waals surface area contributed by atoms with Gasteiger partial charge in [-0.25, -0.2) is 4.79 Å². The molecule has 2 aromatic carbocycles. The molecule has 0 unspecified atom stereocenters. The largest absolute Gasteiger partial charge is 0.481 e. The fourth-order valence-corrected chi connectivity index (χ4v) is 4.48. The summed E-state index contributed by atoms with van der Waals surface area (Å²) in [6, 6.07) is 16.3. The molecule has 34 heavy (non-hydrogen) atoms. The van der Waals surface area contributed by atoms with Crippen LogP contribution in [0.5, 0.6) is 0 Å². The first kappa shape index (κ1) is 23.8. The summed E-state index contributed by atoms with van der Waals surface area (Å²) in [5.41, 5.74) is 3.53. The number of carboxylic acids is 1. The van der Waals surface area contributed by atoms with Gasteiger partial charge in [-0.1, -0.05) is 48.5 Å². The SMILES string of the molecule is CC(C)(CNC(=O)[C@@H]1OCC[C@@H]1CNC(=O)OCC1c2ccccc2-c2ccccc21)C(=O)O. The van der Waals surface area contributed by atoms with E-state index in [1.807, 2.05) is 24.3 Å². The number of rotatable bonds is 8. The van der Waals surface area contributed by atoms with Gasteiger partial charge in [-0.05, 0) is 42.5 Å². The van der Waals surface area contributed by atoms with Crippen LogP contribution in [-0.4, -0.2) is 55.5 Å². The summed E-state index contributed by atoms with van der Waals surface area (Å²) in [6.45, 7) is 3.93. The topological polar surface area (TPSA) is 114 Å². The number of hydrogen-bond acceptors (Lipinski definition) is 5. The minimum absolute atomic E-state index is 0.00640. The fraction of sp³-hybridized carbons (Fsp3) is 0.423. The zero-order valence-corrected chi connectivity index (χ0v) is 19.4. The fourth-order valence-electron chi connectivity index (χ4n) is 4.48. The molecule has 8 heteroatoms. The number of aliphatic carboxylic acids is 1. The van der Waals surface area contributed by atoms with E-state index in [0.29, 0.717) is 13.0 Å². The number of fused-ring (bicyclic) bond motifs is 3. The molecule has 2 amide bonds. The Kier molecular flexibility index (Phi) is 6.88. The van der Waals surface area contributed by atoms with E-state index in [-0.39, 0.29) is 37.4 Å². The van der Waals surface area contributed by atoms with Crippen LogP contribution in [0.1, 0.15) is 37.3 Å². The van der Waals surface area contributed by atoms with Crippen LogP contribution in [0.15, 0.2) is 48.5 Å². The Balaban J connectivity index is 1.29. The lowest BCUT2D eigenvalue weighted by Crippen LogP contribution is -2.46. The van der Waals surface area contributed by atoms with Gasteiger partial charge < -0.3 is 25.2 Å². The van der Waals surface area contributed by atoms with Crippen LogP contribution >= 0.6 is 0 Å². The van der Waals surface area contributed by atoms with E-state index in [1.54, 1.807) is 13.8 Å². The van der Waals surface area contributed by atoms with Gasteiger partial charge in [0.2, 0.25) is 5.91 Å². The molecule has 3 N–H and O–H groups in total. The second-order valence-corrected chi connectivity index (χ2v) is 9.45. The lowest BCUT2D eigenvalue weighted by molar-refractivity contribution is -0.147. The summed E-state index contributed by atoms with van der Waals surface area (Å²) in [5.74, 6) is -1.60. The molecule has 8 nitrogen and oxygen atoms in total. The number of ether oxygens (including phenoxy) is 2. The van der Waals surface area contributed by atoms with Gasteiger partial charge in [-0.2, -0.15) is 0 Å². The van der Waals surface area contributed by atoms with Crippen LogP contribution in [0.2, 0.25) is 0 Å². The molecule has 0 aromatic heterocycles. The molecule has 4 rings (SSSR count). The quantitative estimate of drug-likeness (QED) is 0.551. The van der Waals surface area contributed by atoms with Gasteiger partial charge in [-0.3, -0.25) is 9.59 Å². The Bertz CT molecular complexity index is 1040. The first-order valence-electron chi connectivity index (χ1n) is 11.5. The number of benzene rings is 2. The van der Waals surface area contributed by atoms with E-state index >= 15 is 0 Å². The highest BCUT2D eigenvalue weighted by atomic mass is 16.5. The minimum Gasteiger partial charge on any atom is -0.481 e. The minimum atomic E-state index is -1.08. The monoisotopic (exact) mass is 466 g/mol. The molecule has 2 aromatic rings. The van der Waals surface area contributed by atoms with E-state index in [4.69, 9.17) is 9.47 Å². The Morgan fingerprint density at radius 1 is 1.03 bits per heavy atom. The van der Waals surface area contributed by atoms with Crippen molar-refractivity contribution in [3.63, 3.8) is 0 Å². The Morgan fingerprint density at radius 3 is 2.26 bits per heavy atom. The molecule has 1 aliphatic heterocycles. The molecule has 2 atom stereocenters. The van der Waals surface area contributed by atoms with E-state index in [1.165, 1.54) is 0 Å². The second kappa shape index (κ2) is 9.85. The van der Waals surface area contributed by atoms with Crippen molar-refractivity contribution in [2.45, 2.75) is 32.3 Å². The van der Waals surface area contributed by atoms with Gasteiger partial charge in [-0.15, -0.1) is 0 Å². The van der Waals surface area contributed by atoms with Crippen LogP contribution in [0.3, 0.4) is 0 Å². The van der Waals surface area contributed by atoms with Gasteiger partial charge >= 0.3 is 12.1 Å². The number of carbonyl (C=O) groups excluding carboxylic acids is 2. The molecule has 1 saturated heterocycles. The van der Waals surface area contributed by atoms with Gasteiger partial charge in [0, 0.05) is 31.5 Å². The normalized spacial score (nSPS) is 19.2. The molecule has 0 bridgehead atoms. The number of amides is 2. The number of carbonyl (C=O) groups is 3. The third-order valence-corrected chi connectivity index (χ3v) is 6.61. The number of alkyl carbamates (subject to hydrolysis) is 1. The van der Waals surface area contributed by atoms with Crippen molar-refractivity contribution in [3.8, 4) is 11.1 Å². The summed E-state index contributed by atoms with van der Waals surface area (Å²) < 4.78 is 11.1. The van der Waals surface area contributed by atoms with Gasteiger partial charge in [0.15, 0.2) is 0 Å². The zero-order chi connectivity index (χ0) is 24.3. The van der Waals surface area contributed by atoms with Crippen LogP contribution in [0, 0.1) is 11.3 Å². The Labute approximate surface area is 198 Å². The van der Waals surface area contributed by atoms with Crippen molar-refractivity contribution in [1.82, 2.24) is 10.6 Å². The summed E-state index contributed by atoms with van der Waals surface area (Å²) in [6.07, 6.45) is -0.664. The highest BCUT2D eigenvalue weighted by Gasteiger charge is 2.36. The molecular formula is C26H30N2O6. The first-order chi connectivity index (χ1) is 16.3. The van der Waals surface area contributed by atoms with Crippen molar-refractivity contribution >= 4 is 18.0 Å². The molecule has 1 fully saturated rings. The van der Waals surface area contributed by atoms with Gasteiger partial charge in [0.05, 0.1) is 5.41 Å². The van der Waals surface area contributed by atoms with Crippen molar-refractivity contribution in [1.29, 1.82) is 0 Å². The van der Waals surface area contributed by atoms with Crippen molar-refractivity contribution < 1.29 is 29.0 Å². The molecule has 1 heterocycles. The van der Waals surface area contributed by atoms with Gasteiger partial charge in [0.1, 0.15) is 12.7 Å². The average Bonchev–Trinajstić information content (AvgIpc) is 3.42. The first-order valence-corrected chi connectivity index (χ1v) is 11.5. The lowest BCUT2D eigenvalue weighted by Gasteiger charge is -2.23. The van der Waals surface area contributed by atoms with E-state index in [0.717, 1.165) is 22.3 Å². The molecule has 0 spiro atoms. The van der Waals surface area contributed by atoms with Crippen LogP contribution < -0.4 is 10.6 Å². The van der Waals surface area contributed by atoms with Crippen molar-refractivity contribution in [2.75, 3.05) is 26.3 Å². The van der Waals surface area contributed by atoms with Gasteiger partial charge in [0.25, 0.3) is 0 Å². The molecule has 0 radical (unpaired) electrons. The van der Waals surface area contributed by atoms with E-state index in [9.17, 15) is 19.5 Å². The number of carboxylic acid groups (broad SMARTS) is 1. The maximum atomic E-state index is 12.5. The predicted octanol–water partition coefficient (Wildman–Crippen LogP) is 3.16. The number of hydrogen-bond donors (Lipinski definition) is 3. The third kappa shape index (κ3) is 4.92. The summed E-state index contributed by atoms with van der Waals surface area (Å²) in [5, 5.41) is 14.6. The second-order valence-electron chi connectivity index (χ2n) is 9.45. The lowest BCUT2D eigenvalue weighted by atomic mass is 9.93. The maximum Gasteiger partial charge on any atom is 0.407 e. The van der Waals surface area contributed by atoms with Crippen LogP contribution in [-0.2, 0) is 19.1 Å². The Morgan fingerprint density at radius 2 is 1.65 bits per heavy atom. The highest BCUT2D eigenvalue weighted by Crippen LogP contribution is 2.44. The van der Waals surface area contributed by atoms with Crippen molar-refractivity contribution in [2.24, 2.45) is 11.3 Å². The molecular weight excluding hydrogens is 436 g/mol. The maximum absolute atomic E-state index is 12.5. The zero-order valence-electron chi connectivity index (χ0n) is 19.4.